The van der Waals surface area contributed by atoms with Gasteiger partial charge in [-0.1, -0.05) is 10.3 Å². The lowest BCUT2D eigenvalue weighted by molar-refractivity contribution is 0.320. The van der Waals surface area contributed by atoms with Gasteiger partial charge in [0.1, 0.15) is 11.5 Å². The van der Waals surface area contributed by atoms with E-state index >= 15 is 0 Å². The standard InChI is InChI=1S/C15H16N2O3/c1-10-11(2)17-20-15(10)9-8-14(16-18)12-4-6-13(19-3)7-5-12/h4-9,18H,1-3H3/b9-8-,16-14-. The minimum Gasteiger partial charge on any atom is -0.497 e. The van der Waals surface area contributed by atoms with Gasteiger partial charge in [-0.3, -0.25) is 0 Å². The Balaban J connectivity index is 2.22. The molecule has 0 saturated carbocycles. The van der Waals surface area contributed by atoms with Crippen molar-refractivity contribution in [1.82, 2.24) is 5.16 Å². The molecule has 0 amide bonds. The molecule has 0 aliphatic rings. The van der Waals surface area contributed by atoms with Crippen LogP contribution in [0.2, 0.25) is 0 Å². The van der Waals surface area contributed by atoms with Crippen molar-refractivity contribution < 1.29 is 14.5 Å². The number of oxime groups is 1. The first-order valence-corrected chi connectivity index (χ1v) is 6.13. The summed E-state index contributed by atoms with van der Waals surface area (Å²) >= 11 is 0. The summed E-state index contributed by atoms with van der Waals surface area (Å²) in [5, 5.41) is 16.3. The molecule has 0 atom stereocenters. The Morgan fingerprint density at radius 1 is 1.30 bits per heavy atom. The number of aromatic nitrogens is 1. The average Bonchev–Trinajstić information content (AvgIpc) is 2.80. The number of hydrogen-bond donors (Lipinski definition) is 1. The third kappa shape index (κ3) is 2.88. The van der Waals surface area contributed by atoms with Crippen molar-refractivity contribution >= 4 is 11.8 Å². The Kier molecular flexibility index (Phi) is 4.20. The average molecular weight is 272 g/mol. The monoisotopic (exact) mass is 272 g/mol. The van der Waals surface area contributed by atoms with Crippen LogP contribution in [-0.2, 0) is 0 Å². The Morgan fingerprint density at radius 2 is 2.00 bits per heavy atom. The Labute approximate surface area is 117 Å². The molecule has 5 heteroatoms. The van der Waals surface area contributed by atoms with Gasteiger partial charge in [-0.15, -0.1) is 0 Å². The van der Waals surface area contributed by atoms with Crippen molar-refractivity contribution in [1.29, 1.82) is 0 Å². The van der Waals surface area contributed by atoms with E-state index in [0.29, 0.717) is 11.5 Å². The van der Waals surface area contributed by atoms with Crippen molar-refractivity contribution in [2.75, 3.05) is 7.11 Å². The van der Waals surface area contributed by atoms with Gasteiger partial charge in [0.25, 0.3) is 0 Å². The molecule has 1 heterocycles. The first-order valence-electron chi connectivity index (χ1n) is 6.13. The van der Waals surface area contributed by atoms with Gasteiger partial charge in [-0.2, -0.15) is 0 Å². The number of ether oxygens (including phenoxy) is 1. The van der Waals surface area contributed by atoms with E-state index in [-0.39, 0.29) is 0 Å². The lowest BCUT2D eigenvalue weighted by Crippen LogP contribution is -1.96. The largest absolute Gasteiger partial charge is 0.497 e. The van der Waals surface area contributed by atoms with Crippen molar-refractivity contribution in [3.05, 3.63) is 52.9 Å². The van der Waals surface area contributed by atoms with Gasteiger partial charge in [-0.25, -0.2) is 0 Å². The van der Waals surface area contributed by atoms with Gasteiger partial charge in [-0.05, 0) is 50.3 Å². The number of allylic oxidation sites excluding steroid dienone is 1. The maximum atomic E-state index is 9.12. The van der Waals surface area contributed by atoms with Crippen LogP contribution in [0.1, 0.15) is 22.6 Å². The van der Waals surface area contributed by atoms with Crippen LogP contribution in [0.25, 0.3) is 6.08 Å². The normalized spacial score (nSPS) is 12.1. The lowest BCUT2D eigenvalue weighted by Gasteiger charge is -2.02. The molecule has 5 nitrogen and oxygen atoms in total. The number of rotatable bonds is 4. The van der Waals surface area contributed by atoms with E-state index in [9.17, 15) is 0 Å². The van der Waals surface area contributed by atoms with Crippen LogP contribution in [0.3, 0.4) is 0 Å². The van der Waals surface area contributed by atoms with E-state index in [1.54, 1.807) is 31.4 Å². The molecule has 2 rings (SSSR count). The number of nitrogens with zero attached hydrogens (tertiary/aromatic N) is 2. The van der Waals surface area contributed by atoms with E-state index in [1.165, 1.54) is 0 Å². The minimum atomic E-state index is 0.432. The highest BCUT2D eigenvalue weighted by Gasteiger charge is 2.06. The van der Waals surface area contributed by atoms with Crippen LogP contribution in [0, 0.1) is 13.8 Å². The van der Waals surface area contributed by atoms with Crippen LogP contribution < -0.4 is 4.74 Å². The second kappa shape index (κ2) is 6.06. The summed E-state index contributed by atoms with van der Waals surface area (Å²) in [5.74, 6) is 1.40. The molecule has 0 spiro atoms. The SMILES string of the molecule is COc1ccc(C(/C=C\c2onc(C)c2C)=N\O)cc1. The van der Waals surface area contributed by atoms with Gasteiger partial charge < -0.3 is 14.5 Å². The first-order chi connectivity index (χ1) is 9.65. The van der Waals surface area contributed by atoms with Crippen molar-refractivity contribution in [3.8, 4) is 5.75 Å². The van der Waals surface area contributed by atoms with Gasteiger partial charge in [0.15, 0.2) is 5.76 Å². The second-order valence-electron chi connectivity index (χ2n) is 4.30. The predicted molar refractivity (Wildman–Crippen MR) is 76.3 cm³/mol. The molecule has 0 unspecified atom stereocenters. The fourth-order valence-corrected chi connectivity index (χ4v) is 1.69. The summed E-state index contributed by atoms with van der Waals surface area (Å²) < 4.78 is 10.3. The summed E-state index contributed by atoms with van der Waals surface area (Å²) in [5.41, 5.74) is 3.02. The van der Waals surface area contributed by atoms with Crippen LogP contribution in [-0.4, -0.2) is 23.2 Å². The fraction of sp³-hybridized carbons (Fsp3) is 0.200. The highest BCUT2D eigenvalue weighted by Crippen LogP contribution is 2.16. The molecule has 1 N–H and O–H groups in total. The van der Waals surface area contributed by atoms with Crippen molar-refractivity contribution in [2.45, 2.75) is 13.8 Å². The van der Waals surface area contributed by atoms with E-state index < -0.39 is 0 Å². The zero-order valence-electron chi connectivity index (χ0n) is 11.6. The Bertz CT molecular complexity index is 640. The molecule has 2 aromatic rings. The van der Waals surface area contributed by atoms with E-state index in [1.807, 2.05) is 26.0 Å². The molecule has 0 radical (unpaired) electrons. The lowest BCUT2D eigenvalue weighted by atomic mass is 10.1. The third-order valence-corrected chi connectivity index (χ3v) is 3.08. The molecular formula is C15H16N2O3. The third-order valence-electron chi connectivity index (χ3n) is 3.08. The molecule has 20 heavy (non-hydrogen) atoms. The number of benzene rings is 1. The summed E-state index contributed by atoms with van der Waals surface area (Å²) in [6, 6.07) is 7.24. The molecule has 1 aromatic carbocycles. The minimum absolute atomic E-state index is 0.432. The summed E-state index contributed by atoms with van der Waals surface area (Å²) in [4.78, 5) is 0. The van der Waals surface area contributed by atoms with E-state index in [4.69, 9.17) is 14.5 Å². The molecule has 0 aliphatic carbocycles. The number of methoxy groups -OCH3 is 1. The van der Waals surface area contributed by atoms with Crippen LogP contribution >= 0.6 is 0 Å². The van der Waals surface area contributed by atoms with Crippen molar-refractivity contribution in [2.24, 2.45) is 5.16 Å². The zero-order valence-corrected chi connectivity index (χ0v) is 11.6. The first kappa shape index (κ1) is 13.9. The fourth-order valence-electron chi connectivity index (χ4n) is 1.69. The van der Waals surface area contributed by atoms with Gasteiger partial charge >= 0.3 is 0 Å². The molecule has 0 bridgehead atoms. The van der Waals surface area contributed by atoms with Gasteiger partial charge in [0.2, 0.25) is 0 Å². The summed E-state index contributed by atoms with van der Waals surface area (Å²) in [6.07, 6.45) is 3.41. The van der Waals surface area contributed by atoms with E-state index in [0.717, 1.165) is 22.6 Å². The molecule has 0 fully saturated rings. The maximum Gasteiger partial charge on any atom is 0.162 e. The van der Waals surface area contributed by atoms with Crippen LogP contribution in [0.5, 0.6) is 5.75 Å². The Morgan fingerprint density at radius 3 is 2.50 bits per heavy atom. The van der Waals surface area contributed by atoms with E-state index in [2.05, 4.69) is 10.3 Å². The highest BCUT2D eigenvalue weighted by atomic mass is 16.5. The van der Waals surface area contributed by atoms with Crippen LogP contribution in [0.15, 0.2) is 40.0 Å². The molecule has 0 saturated heterocycles. The number of aryl methyl sites for hydroxylation is 1. The van der Waals surface area contributed by atoms with Gasteiger partial charge in [0.05, 0.1) is 12.8 Å². The predicted octanol–water partition coefficient (Wildman–Crippen LogP) is 3.19. The zero-order chi connectivity index (χ0) is 14.5. The Hall–Kier alpha value is -2.56. The summed E-state index contributed by atoms with van der Waals surface area (Å²) in [6.45, 7) is 3.80. The summed E-state index contributed by atoms with van der Waals surface area (Å²) in [7, 11) is 1.60. The smallest absolute Gasteiger partial charge is 0.162 e. The quantitative estimate of drug-likeness (QED) is 0.527. The topological polar surface area (TPSA) is 67.9 Å². The number of hydrogen-bond acceptors (Lipinski definition) is 5. The highest BCUT2D eigenvalue weighted by molar-refractivity contribution is 6.10. The maximum absolute atomic E-state index is 9.12. The van der Waals surface area contributed by atoms with Gasteiger partial charge in [0, 0.05) is 11.1 Å². The van der Waals surface area contributed by atoms with Crippen molar-refractivity contribution in [3.63, 3.8) is 0 Å². The molecular weight excluding hydrogens is 256 g/mol. The molecule has 1 aromatic heterocycles. The second-order valence-corrected chi connectivity index (χ2v) is 4.30. The molecule has 104 valence electrons. The molecule has 0 aliphatic heterocycles. The van der Waals surface area contributed by atoms with Crippen LogP contribution in [0.4, 0.5) is 0 Å².